The Morgan fingerprint density at radius 1 is 1.35 bits per heavy atom. The number of allylic oxidation sites excluding steroid dienone is 1. The zero-order valence-corrected chi connectivity index (χ0v) is 18.4. The SMILES string of the molecule is C[C@H]1CCC=C2C[C@H]3OC(=O)[C@@H](C[NH+]4CCN(C(=O)c5ccco5)CC4)[C@H]3[C@@H](O)[C@@]21C. The molecular formula is C24H33N2O5+. The summed E-state index contributed by atoms with van der Waals surface area (Å²) in [5, 5.41) is 11.5. The van der Waals surface area contributed by atoms with E-state index in [0.717, 1.165) is 32.4 Å². The molecule has 2 N–H and O–H groups in total. The second-order valence-electron chi connectivity index (χ2n) is 10.0. The third kappa shape index (κ3) is 3.33. The van der Waals surface area contributed by atoms with E-state index in [1.165, 1.54) is 16.7 Å². The van der Waals surface area contributed by atoms with Crippen LogP contribution in [0.1, 0.15) is 43.7 Å². The van der Waals surface area contributed by atoms with Crippen LogP contribution in [0.4, 0.5) is 0 Å². The highest BCUT2D eigenvalue weighted by Gasteiger charge is 2.60. The zero-order valence-electron chi connectivity index (χ0n) is 18.4. The molecule has 3 fully saturated rings. The van der Waals surface area contributed by atoms with E-state index in [1.54, 1.807) is 12.1 Å². The lowest BCUT2D eigenvalue weighted by atomic mass is 9.55. The Morgan fingerprint density at radius 3 is 2.84 bits per heavy atom. The standard InChI is InChI=1S/C24H32N2O5/c1-15-5-3-6-16-13-19-20(21(27)24(15,16)2)17(23(29)31-19)14-25-8-10-26(11-9-25)22(28)18-7-4-12-30-18/h4,6-7,12,15,17,19-21,27H,3,5,8-11,13-14H2,1-2H3/p+1/t15-,17-,19+,20+,21+,24+/m0/s1. The maximum absolute atomic E-state index is 12.8. The van der Waals surface area contributed by atoms with Crippen LogP contribution in [0.2, 0.25) is 0 Å². The Bertz CT molecular complexity index is 873. The monoisotopic (exact) mass is 429 g/mol. The predicted octanol–water partition coefficient (Wildman–Crippen LogP) is 0.905. The van der Waals surface area contributed by atoms with Crippen LogP contribution >= 0.6 is 0 Å². The molecule has 2 saturated heterocycles. The van der Waals surface area contributed by atoms with Gasteiger partial charge in [0.2, 0.25) is 0 Å². The maximum Gasteiger partial charge on any atom is 0.315 e. The number of furan rings is 1. The van der Waals surface area contributed by atoms with Crippen LogP contribution in [0.25, 0.3) is 0 Å². The number of ether oxygens (including phenoxy) is 1. The van der Waals surface area contributed by atoms with Gasteiger partial charge in [0.05, 0.1) is 45.1 Å². The van der Waals surface area contributed by atoms with Crippen molar-refractivity contribution in [1.82, 2.24) is 4.90 Å². The molecule has 1 amide bonds. The van der Waals surface area contributed by atoms with Crippen molar-refractivity contribution in [2.45, 2.75) is 45.3 Å². The van der Waals surface area contributed by atoms with Crippen LogP contribution in [-0.2, 0) is 9.53 Å². The molecule has 1 aromatic heterocycles. The summed E-state index contributed by atoms with van der Waals surface area (Å²) in [7, 11) is 0. The number of piperazine rings is 1. The quantitative estimate of drug-likeness (QED) is 0.551. The van der Waals surface area contributed by atoms with Crippen molar-refractivity contribution in [3.05, 3.63) is 35.8 Å². The first-order valence-electron chi connectivity index (χ1n) is 11.6. The average molecular weight is 430 g/mol. The minimum absolute atomic E-state index is 0.0781. The Morgan fingerprint density at radius 2 is 2.13 bits per heavy atom. The predicted molar refractivity (Wildman–Crippen MR) is 112 cm³/mol. The lowest BCUT2D eigenvalue weighted by Gasteiger charge is -2.51. The third-order valence-electron chi connectivity index (χ3n) is 8.57. The molecule has 7 nitrogen and oxygen atoms in total. The number of carbonyl (C=O) groups excluding carboxylic acids is 2. The van der Waals surface area contributed by atoms with Gasteiger partial charge >= 0.3 is 5.97 Å². The van der Waals surface area contributed by atoms with Crippen molar-refractivity contribution in [2.75, 3.05) is 32.7 Å². The van der Waals surface area contributed by atoms with E-state index in [4.69, 9.17) is 9.15 Å². The largest absolute Gasteiger partial charge is 0.461 e. The van der Waals surface area contributed by atoms with Gasteiger partial charge in [0, 0.05) is 17.8 Å². The normalized spacial score (nSPS) is 38.3. The van der Waals surface area contributed by atoms with Gasteiger partial charge in [-0.05, 0) is 30.9 Å². The summed E-state index contributed by atoms with van der Waals surface area (Å²) in [6.07, 6.45) is 5.88. The summed E-state index contributed by atoms with van der Waals surface area (Å²) in [6.45, 7) is 7.89. The van der Waals surface area contributed by atoms with Gasteiger partial charge in [-0.2, -0.15) is 0 Å². The van der Waals surface area contributed by atoms with Crippen LogP contribution in [0.15, 0.2) is 34.5 Å². The number of nitrogens with zero attached hydrogens (tertiary/aromatic N) is 1. The summed E-state index contributed by atoms with van der Waals surface area (Å²) in [5.41, 5.74) is 1.00. The third-order valence-corrected chi connectivity index (χ3v) is 8.57. The van der Waals surface area contributed by atoms with E-state index in [-0.39, 0.29) is 35.2 Å². The van der Waals surface area contributed by atoms with Crippen molar-refractivity contribution in [2.24, 2.45) is 23.2 Å². The van der Waals surface area contributed by atoms with Gasteiger partial charge in [0.25, 0.3) is 5.91 Å². The van der Waals surface area contributed by atoms with Gasteiger partial charge in [-0.1, -0.05) is 25.5 Å². The van der Waals surface area contributed by atoms with E-state index in [0.29, 0.717) is 31.3 Å². The highest BCUT2D eigenvalue weighted by Crippen LogP contribution is 2.55. The van der Waals surface area contributed by atoms with Crippen LogP contribution in [-0.4, -0.2) is 66.8 Å². The van der Waals surface area contributed by atoms with Gasteiger partial charge < -0.3 is 24.1 Å². The molecule has 2 aliphatic heterocycles. The first-order chi connectivity index (χ1) is 14.9. The van der Waals surface area contributed by atoms with Gasteiger partial charge in [-0.25, -0.2) is 0 Å². The molecular weight excluding hydrogens is 396 g/mol. The molecule has 2 aliphatic carbocycles. The van der Waals surface area contributed by atoms with Crippen molar-refractivity contribution in [1.29, 1.82) is 0 Å². The van der Waals surface area contributed by atoms with E-state index in [1.807, 2.05) is 4.90 Å². The number of esters is 1. The van der Waals surface area contributed by atoms with E-state index in [2.05, 4.69) is 19.9 Å². The summed E-state index contributed by atoms with van der Waals surface area (Å²) in [5.74, 6) is 0.0927. The summed E-state index contributed by atoms with van der Waals surface area (Å²) in [4.78, 5) is 28.4. The molecule has 0 aromatic carbocycles. The van der Waals surface area contributed by atoms with Gasteiger partial charge in [-0.15, -0.1) is 0 Å². The molecule has 0 bridgehead atoms. The number of aliphatic hydroxyl groups is 1. The molecule has 3 heterocycles. The number of hydrogen-bond acceptors (Lipinski definition) is 5. The molecule has 31 heavy (non-hydrogen) atoms. The number of nitrogens with one attached hydrogen (secondary N) is 1. The summed E-state index contributed by atoms with van der Waals surface area (Å²) < 4.78 is 11.0. The fourth-order valence-electron chi connectivity index (χ4n) is 6.39. The first-order valence-corrected chi connectivity index (χ1v) is 11.6. The molecule has 1 saturated carbocycles. The van der Waals surface area contributed by atoms with E-state index in [9.17, 15) is 14.7 Å². The second-order valence-corrected chi connectivity index (χ2v) is 10.0. The molecule has 0 radical (unpaired) electrons. The van der Waals surface area contributed by atoms with Gasteiger partial charge in [-0.3, -0.25) is 9.59 Å². The second kappa shape index (κ2) is 7.78. The lowest BCUT2D eigenvalue weighted by molar-refractivity contribution is -0.906. The molecule has 6 atom stereocenters. The Labute approximate surface area is 183 Å². The highest BCUT2D eigenvalue weighted by molar-refractivity contribution is 5.91. The number of aliphatic hydroxyl groups excluding tert-OH is 1. The summed E-state index contributed by atoms with van der Waals surface area (Å²) in [6, 6.07) is 3.41. The van der Waals surface area contributed by atoms with Gasteiger partial charge in [0.1, 0.15) is 12.0 Å². The molecule has 4 aliphatic rings. The van der Waals surface area contributed by atoms with Crippen molar-refractivity contribution >= 4 is 11.9 Å². The fourth-order valence-corrected chi connectivity index (χ4v) is 6.39. The molecule has 5 rings (SSSR count). The minimum atomic E-state index is -0.564. The van der Waals surface area contributed by atoms with Crippen molar-refractivity contribution in [3.63, 3.8) is 0 Å². The number of carbonyl (C=O) groups is 2. The summed E-state index contributed by atoms with van der Waals surface area (Å²) >= 11 is 0. The molecule has 168 valence electrons. The number of hydrogen-bond donors (Lipinski definition) is 2. The fraction of sp³-hybridized carbons (Fsp3) is 0.667. The van der Waals surface area contributed by atoms with E-state index < -0.39 is 6.10 Å². The minimum Gasteiger partial charge on any atom is -0.461 e. The maximum atomic E-state index is 12.8. The Hall–Kier alpha value is -2.12. The molecule has 0 unspecified atom stereocenters. The van der Waals surface area contributed by atoms with Gasteiger partial charge in [0.15, 0.2) is 5.76 Å². The Balaban J connectivity index is 1.26. The number of rotatable bonds is 3. The number of quaternary nitrogens is 1. The van der Waals surface area contributed by atoms with Crippen LogP contribution in [0, 0.1) is 23.2 Å². The molecule has 7 heteroatoms. The molecule has 0 spiro atoms. The average Bonchev–Trinajstić information content (AvgIpc) is 3.39. The first kappa shape index (κ1) is 20.8. The van der Waals surface area contributed by atoms with Crippen LogP contribution < -0.4 is 4.90 Å². The Kier molecular flexibility index (Phi) is 5.21. The molecule has 1 aromatic rings. The van der Waals surface area contributed by atoms with Crippen molar-refractivity contribution in [3.8, 4) is 0 Å². The van der Waals surface area contributed by atoms with Crippen LogP contribution in [0.3, 0.4) is 0 Å². The zero-order chi connectivity index (χ0) is 21.8. The van der Waals surface area contributed by atoms with E-state index >= 15 is 0 Å². The number of fused-ring (bicyclic) bond motifs is 2. The smallest absolute Gasteiger partial charge is 0.315 e. The van der Waals surface area contributed by atoms with Crippen molar-refractivity contribution < 1.29 is 28.7 Å². The highest BCUT2D eigenvalue weighted by atomic mass is 16.6. The topological polar surface area (TPSA) is 84.4 Å². The van der Waals surface area contributed by atoms with Crippen LogP contribution in [0.5, 0.6) is 0 Å². The lowest BCUT2D eigenvalue weighted by Crippen LogP contribution is -3.15. The number of amides is 1.